The molecule has 1 N–H and O–H groups in total. The third-order valence-electron chi connectivity index (χ3n) is 5.06. The van der Waals surface area contributed by atoms with Crippen LogP contribution in [0.3, 0.4) is 0 Å². The molecule has 0 aliphatic carbocycles. The fourth-order valence-corrected chi connectivity index (χ4v) is 3.48. The molecular weight excluding hydrogens is 391 g/mol. The Balaban J connectivity index is 3.33. The molecule has 0 amide bonds. The number of Topliss-reactive ketones (excluding diaryl/α,β-unsaturated/α-hetero) is 1. The molecule has 6 nitrogen and oxygen atoms in total. The lowest BCUT2D eigenvalue weighted by Gasteiger charge is -2.12. The van der Waals surface area contributed by atoms with Crippen LogP contribution in [0.2, 0.25) is 0 Å². The first-order chi connectivity index (χ1) is 14.1. The number of carbonyl (C=O) groups excluding carboxylic acids is 1. The van der Waals surface area contributed by atoms with Gasteiger partial charge in [-0.1, -0.05) is 71.1 Å². The first-order valence-corrected chi connectivity index (χ1v) is 12.6. The maximum Gasteiger partial charge on any atom is 0.694 e. The lowest BCUT2D eigenvalue weighted by Crippen LogP contribution is -2.23. The summed E-state index contributed by atoms with van der Waals surface area (Å²) in [5.74, 6) is 0.411. The maximum atomic E-state index is 11.9. The zero-order valence-corrected chi connectivity index (χ0v) is 19.6. The highest BCUT2D eigenvalue weighted by atomic mass is 31.1. The topological polar surface area (TPSA) is 82.1 Å². The summed E-state index contributed by atoms with van der Waals surface area (Å²) in [5, 5.41) is 0. The zero-order valence-electron chi connectivity index (χ0n) is 18.7. The van der Waals surface area contributed by atoms with Gasteiger partial charge in [-0.25, -0.2) is 0 Å². The van der Waals surface area contributed by atoms with E-state index in [2.05, 4.69) is 11.4 Å². The van der Waals surface area contributed by atoms with Crippen molar-refractivity contribution in [1.29, 1.82) is 0 Å². The molecule has 0 heterocycles. The highest BCUT2D eigenvalue weighted by Crippen LogP contribution is 2.15. The number of ketones is 1. The highest BCUT2D eigenvalue weighted by Gasteiger charge is 2.17. The molecule has 7 heteroatoms. The summed E-state index contributed by atoms with van der Waals surface area (Å²) in [6.45, 7) is 3.26. The Morgan fingerprint density at radius 1 is 0.828 bits per heavy atom. The van der Waals surface area contributed by atoms with Crippen molar-refractivity contribution in [2.24, 2.45) is 0 Å². The van der Waals surface area contributed by atoms with Crippen LogP contribution in [0.5, 0.6) is 0 Å². The molecule has 0 aromatic heterocycles. The van der Waals surface area contributed by atoms with Crippen molar-refractivity contribution in [2.45, 2.75) is 109 Å². The van der Waals surface area contributed by atoms with Gasteiger partial charge in [-0.2, -0.15) is 0 Å². The van der Waals surface area contributed by atoms with Crippen molar-refractivity contribution in [1.82, 2.24) is 0 Å². The Hall–Kier alpha value is -0.390. The minimum Gasteiger partial charge on any atom is -0.379 e. The second kappa shape index (κ2) is 22.3. The van der Waals surface area contributed by atoms with E-state index in [4.69, 9.17) is 14.4 Å². The fourth-order valence-electron chi connectivity index (χ4n) is 3.18. The van der Waals surface area contributed by atoms with Gasteiger partial charge in [0.2, 0.25) is 0 Å². The molecule has 0 fully saturated rings. The summed E-state index contributed by atoms with van der Waals surface area (Å²) in [6.07, 6.45) is 16.7. The average Bonchev–Trinajstić information content (AvgIpc) is 2.70. The van der Waals surface area contributed by atoms with Gasteiger partial charge in [0.15, 0.2) is 0 Å². The molecule has 0 aliphatic heterocycles. The molecule has 172 valence electrons. The summed E-state index contributed by atoms with van der Waals surface area (Å²) in [5.41, 5.74) is 0. The van der Waals surface area contributed by atoms with Crippen molar-refractivity contribution < 1.29 is 28.3 Å². The third kappa shape index (κ3) is 22.1. The van der Waals surface area contributed by atoms with Crippen LogP contribution in [0.4, 0.5) is 0 Å². The first kappa shape index (κ1) is 28.6. The van der Waals surface area contributed by atoms with E-state index < -0.39 is 8.25 Å². The van der Waals surface area contributed by atoms with E-state index in [1.807, 2.05) is 0 Å². The molecule has 0 bridgehead atoms. The van der Waals surface area contributed by atoms with Gasteiger partial charge >= 0.3 is 8.25 Å². The van der Waals surface area contributed by atoms with E-state index in [0.717, 1.165) is 38.5 Å². The molecule has 0 aliphatic rings. The van der Waals surface area contributed by atoms with Gasteiger partial charge in [0.05, 0.1) is 6.61 Å². The normalized spacial score (nSPS) is 12.9. The molecule has 2 atom stereocenters. The van der Waals surface area contributed by atoms with Gasteiger partial charge in [0.1, 0.15) is 18.5 Å². The maximum absolute atomic E-state index is 11.9. The zero-order chi connectivity index (χ0) is 21.6. The quantitative estimate of drug-likeness (QED) is 0.154. The summed E-state index contributed by atoms with van der Waals surface area (Å²) >= 11 is 0. The molecule has 0 aromatic carbocycles. The SMILES string of the molecule is CCCCCCCCCCCC(=O)CCCCCCOCC(CO[P+](=O)O)OC. The second-order valence-corrected chi connectivity index (χ2v) is 8.48. The van der Waals surface area contributed by atoms with Gasteiger partial charge in [-0.05, 0) is 19.3 Å². The van der Waals surface area contributed by atoms with E-state index in [-0.39, 0.29) is 12.7 Å². The summed E-state index contributed by atoms with van der Waals surface area (Å²) in [6, 6.07) is 0. The van der Waals surface area contributed by atoms with E-state index in [0.29, 0.717) is 25.4 Å². The van der Waals surface area contributed by atoms with E-state index in [1.54, 1.807) is 0 Å². The van der Waals surface area contributed by atoms with E-state index >= 15 is 0 Å². The largest absolute Gasteiger partial charge is 0.694 e. The van der Waals surface area contributed by atoms with Crippen LogP contribution >= 0.6 is 8.25 Å². The number of unbranched alkanes of at least 4 members (excludes halogenated alkanes) is 11. The van der Waals surface area contributed by atoms with Gasteiger partial charge in [0.25, 0.3) is 0 Å². The Morgan fingerprint density at radius 3 is 1.86 bits per heavy atom. The number of hydrogen-bond acceptors (Lipinski definition) is 5. The van der Waals surface area contributed by atoms with Crippen LogP contribution in [-0.4, -0.2) is 43.7 Å². The minimum absolute atomic E-state index is 0.0449. The van der Waals surface area contributed by atoms with Crippen molar-refractivity contribution in [3.05, 3.63) is 0 Å². The molecule has 0 radical (unpaired) electrons. The lowest BCUT2D eigenvalue weighted by atomic mass is 10.0. The molecule has 0 saturated heterocycles. The Kier molecular flexibility index (Phi) is 22.0. The Morgan fingerprint density at radius 2 is 1.34 bits per heavy atom. The van der Waals surface area contributed by atoms with Crippen LogP contribution in [0.25, 0.3) is 0 Å². The molecule has 2 unspecified atom stereocenters. The smallest absolute Gasteiger partial charge is 0.379 e. The molecule has 0 aromatic rings. The Labute approximate surface area is 179 Å². The molecule has 0 rings (SSSR count). The molecule has 0 saturated carbocycles. The van der Waals surface area contributed by atoms with Crippen LogP contribution in [0.15, 0.2) is 0 Å². The van der Waals surface area contributed by atoms with Gasteiger partial charge in [0, 0.05) is 31.1 Å². The van der Waals surface area contributed by atoms with Crippen LogP contribution in [0.1, 0.15) is 103 Å². The summed E-state index contributed by atoms with van der Waals surface area (Å²) < 4.78 is 25.7. The minimum atomic E-state index is -2.60. The number of carbonyl (C=O) groups is 1. The predicted octanol–water partition coefficient (Wildman–Crippen LogP) is 6.12. The second-order valence-electron chi connectivity index (χ2n) is 7.75. The van der Waals surface area contributed by atoms with Gasteiger partial charge < -0.3 is 9.47 Å². The molecule has 29 heavy (non-hydrogen) atoms. The fraction of sp³-hybridized carbons (Fsp3) is 0.955. The van der Waals surface area contributed by atoms with Crippen LogP contribution in [-0.2, 0) is 23.4 Å². The number of methoxy groups -OCH3 is 1. The number of rotatable bonds is 23. The molecular formula is C22H44O6P+. The van der Waals surface area contributed by atoms with Crippen molar-refractivity contribution in [3.63, 3.8) is 0 Å². The van der Waals surface area contributed by atoms with Crippen molar-refractivity contribution in [3.8, 4) is 0 Å². The Bertz CT molecular complexity index is 391. The predicted molar refractivity (Wildman–Crippen MR) is 117 cm³/mol. The van der Waals surface area contributed by atoms with Crippen LogP contribution < -0.4 is 0 Å². The van der Waals surface area contributed by atoms with Crippen LogP contribution in [0, 0.1) is 0 Å². The summed E-state index contributed by atoms with van der Waals surface area (Å²) in [4.78, 5) is 20.5. The first-order valence-electron chi connectivity index (χ1n) is 11.5. The number of hydrogen-bond donors (Lipinski definition) is 1. The number of ether oxygens (including phenoxy) is 2. The van der Waals surface area contributed by atoms with E-state index in [1.165, 1.54) is 58.5 Å². The van der Waals surface area contributed by atoms with Gasteiger partial charge in [-0.3, -0.25) is 4.79 Å². The van der Waals surface area contributed by atoms with Gasteiger partial charge in [-0.15, -0.1) is 9.42 Å². The van der Waals surface area contributed by atoms with Crippen molar-refractivity contribution >= 4 is 14.0 Å². The van der Waals surface area contributed by atoms with Crippen molar-refractivity contribution in [2.75, 3.05) is 26.9 Å². The van der Waals surface area contributed by atoms with E-state index in [9.17, 15) is 9.36 Å². The lowest BCUT2D eigenvalue weighted by molar-refractivity contribution is -0.119. The highest BCUT2D eigenvalue weighted by molar-refractivity contribution is 7.32. The monoisotopic (exact) mass is 435 g/mol. The molecule has 0 spiro atoms. The third-order valence-corrected chi connectivity index (χ3v) is 5.43. The summed E-state index contributed by atoms with van der Waals surface area (Å²) in [7, 11) is -1.07. The average molecular weight is 436 g/mol. The standard InChI is InChI=1S/C22H43O6P/c1-3-4-5-6-7-8-9-10-13-16-21(23)17-14-11-12-15-18-27-19-22(26-2)20-28-29(24)25/h22H,3-20H2,1-2H3/p+1.